The zero-order chi connectivity index (χ0) is 50.3. The Kier molecular flexibility index (Phi) is 77.3. The van der Waals surface area contributed by atoms with E-state index in [0.717, 1.165) is 34.3 Å². The SMILES string of the molecule is C.C.C.C.CCCCCCCC.CCCCNO[N+](=O)[O-].CCCC[NH+](CCCC)CCCC.CO.N.N=N.O.O.O=C1[N-][N+](=C2N=NN=N2)[N-]O1.O=C1[N-][N+](=C2N=NN=N2)[N-]O1.[H+].[HH].[O-]c1n[n+](-c2nn[nH]n2)no1.[OH3+]. The first-order valence-electron chi connectivity index (χ1n) is 21.1. The molecule has 0 saturated carbocycles. The first-order chi connectivity index (χ1) is 32.6. The maximum atomic E-state index is 10.3. The molecule has 4 aliphatic rings. The average molecular weight is 1100 g/mol. The number of hydrogen-bond acceptors (Lipinski definition) is 23. The monoisotopic (exact) mass is 1100 g/mol. The number of guanidine groups is 2. The van der Waals surface area contributed by atoms with E-state index < -0.39 is 23.3 Å². The molecule has 2 aromatic heterocycles. The fourth-order valence-electron chi connectivity index (χ4n) is 4.34. The van der Waals surface area contributed by atoms with Crippen molar-refractivity contribution in [2.45, 2.75) is 161 Å². The van der Waals surface area contributed by atoms with E-state index in [9.17, 15) is 24.8 Å². The Morgan fingerprint density at radius 3 is 1.40 bits per heavy atom. The Morgan fingerprint density at radius 1 is 0.733 bits per heavy atom. The molecule has 2 aromatic rings. The van der Waals surface area contributed by atoms with Gasteiger partial charge in [0.2, 0.25) is 18.3 Å². The van der Waals surface area contributed by atoms with Crippen LogP contribution >= 0.6 is 0 Å². The third-order valence-corrected chi connectivity index (χ3v) is 7.49. The molecule has 2 fully saturated rings. The highest BCUT2D eigenvalue weighted by Crippen LogP contribution is 2.16. The number of carbonyl (C=O) groups is 2. The molecule has 75 heavy (non-hydrogen) atoms. The second kappa shape index (κ2) is 64.4. The Labute approximate surface area is 440 Å². The minimum atomic E-state index is -0.865. The first-order valence-corrected chi connectivity index (χ1v) is 21.1. The van der Waals surface area contributed by atoms with E-state index in [1.54, 1.807) is 0 Å². The number of aliphatic hydroxyl groups excluding tert-OH is 1. The number of rotatable bonds is 20. The number of hydrogen-bond donors (Lipinski definition) is 7. The maximum Gasteiger partial charge on any atom is 1.00 e. The summed E-state index contributed by atoms with van der Waals surface area (Å²) in [7, 11) is 1.00. The quantitative estimate of drug-likeness (QED) is 0.0217. The summed E-state index contributed by atoms with van der Waals surface area (Å²) in [5, 5.41) is 70.8. The minimum absolute atomic E-state index is 0. The van der Waals surface area contributed by atoms with Crippen LogP contribution in [0.15, 0.2) is 45.9 Å². The van der Waals surface area contributed by atoms with Crippen molar-refractivity contribution in [3.8, 4) is 12.0 Å². The van der Waals surface area contributed by atoms with Crippen LogP contribution in [0, 0.1) is 21.2 Å². The van der Waals surface area contributed by atoms with E-state index in [0.29, 0.717) is 6.54 Å². The van der Waals surface area contributed by atoms with Crippen LogP contribution in [0.4, 0.5) is 9.59 Å². The van der Waals surface area contributed by atoms with Crippen molar-refractivity contribution in [2.75, 3.05) is 33.3 Å². The molecule has 40 heteroatoms. The van der Waals surface area contributed by atoms with Crippen molar-refractivity contribution >= 4 is 24.1 Å². The normalized spacial score (nSPS) is 11.6. The number of H-pyrrole nitrogens is 1. The lowest BCUT2D eigenvalue weighted by atomic mass is 10.1. The molecule has 40 nitrogen and oxygen atoms in total. The predicted octanol–water partition coefficient (Wildman–Crippen LogP) is 5.43. The summed E-state index contributed by atoms with van der Waals surface area (Å²) >= 11 is 0. The standard InChI is InChI=1S/C12H27N.C8H18.C4H10N2O3.C2HN7O2.2C2N7O2.CH4O.4CH4.H2N2.H3N.3H2O.H2/c1-4-7-10-13(11-8-5-2)12-9-6-3;1-3-5-7-8-6-4-2;1-2-3-4-5-9-6(7)8;3*10-2-5-9(8-11-2)1-3-6-7-4-1;1-2;;;;;1-2;;;;;/h4-12H2,1-3H3;3-8H2,1-2H3;5H,2-4H2,1H3;(H-,3,4,5,6,7,8,10);;;2H,1H3;4*1H4;1-2H;1H3;3*1H2;1H/q;;;;2*-1;;;;;;;;;;;/p+3. The van der Waals surface area contributed by atoms with Crippen molar-refractivity contribution in [2.24, 2.45) is 41.4 Å². The predicted molar refractivity (Wildman–Crippen MR) is 271 cm³/mol. The maximum absolute atomic E-state index is 10.3. The van der Waals surface area contributed by atoms with Crippen LogP contribution in [-0.2, 0) is 20.1 Å². The van der Waals surface area contributed by atoms with Crippen LogP contribution in [0.1, 0.15) is 164 Å². The van der Waals surface area contributed by atoms with Gasteiger partial charge in [0.1, 0.15) is 0 Å². The molecule has 2 amide bonds. The van der Waals surface area contributed by atoms with Gasteiger partial charge < -0.3 is 83.5 Å². The largest absolute Gasteiger partial charge is 1.00 e. The van der Waals surface area contributed by atoms with Crippen LogP contribution in [0.5, 0.6) is 6.08 Å². The number of quaternary nitrogens is 1. The Balaban J connectivity index is -0.0000000636. The summed E-state index contributed by atoms with van der Waals surface area (Å²) < 4.78 is 4.11. The number of aliphatic hydroxyl groups is 1. The van der Waals surface area contributed by atoms with Gasteiger partial charge in [-0.15, -0.1) is 10.1 Å². The van der Waals surface area contributed by atoms with Gasteiger partial charge in [-0.05, 0) is 31.0 Å². The number of nitrogens with one attached hydrogen (secondary N) is 5. The van der Waals surface area contributed by atoms with Gasteiger partial charge in [-0.3, -0.25) is 9.59 Å². The van der Waals surface area contributed by atoms with Gasteiger partial charge in [-0.1, -0.05) is 146 Å². The van der Waals surface area contributed by atoms with Gasteiger partial charge in [-0.2, -0.15) is 5.48 Å². The fraction of sp³-hybridized carbons (Fsp3) is 0.829. The average Bonchev–Trinajstić information content (AvgIpc) is 4.21. The highest BCUT2D eigenvalue weighted by Gasteiger charge is 2.16. The Morgan fingerprint density at radius 2 is 1.12 bits per heavy atom. The molecule has 0 spiro atoms. The lowest BCUT2D eigenvalue weighted by Gasteiger charge is -2.18. The van der Waals surface area contributed by atoms with Crippen molar-refractivity contribution in [3.05, 3.63) is 32.1 Å². The third kappa shape index (κ3) is 48.4. The van der Waals surface area contributed by atoms with Crippen LogP contribution in [0.3, 0.4) is 0 Å². The minimum Gasteiger partial charge on any atom is -0.526 e. The summed E-state index contributed by atoms with van der Waals surface area (Å²) in [4.78, 5) is 46.4. The molecule has 0 radical (unpaired) electrons. The number of unbranched alkanes of at least 4 members (excludes halogenated alkanes) is 9. The highest BCUT2D eigenvalue weighted by atomic mass is 17.0. The zero-order valence-corrected chi connectivity index (χ0v) is 41.0. The van der Waals surface area contributed by atoms with Gasteiger partial charge >= 0.3 is 24.4 Å². The summed E-state index contributed by atoms with van der Waals surface area (Å²) in [6, 6.07) is 0. The summed E-state index contributed by atoms with van der Waals surface area (Å²) in [6.07, 6.45) is 16.2. The number of aromatic amines is 1. The van der Waals surface area contributed by atoms with E-state index in [2.05, 4.69) is 154 Å². The second-order valence-electron chi connectivity index (χ2n) is 12.6. The molecule has 444 valence electrons. The number of amides is 2. The topological polar surface area (TPSA) is 602 Å². The third-order valence-electron chi connectivity index (χ3n) is 7.49. The number of hydroxylamine groups is 1. The highest BCUT2D eigenvalue weighted by molar-refractivity contribution is 5.85. The van der Waals surface area contributed by atoms with Crippen molar-refractivity contribution in [1.29, 1.82) is 11.1 Å². The molecule has 0 unspecified atom stereocenters. The molecule has 0 aromatic carbocycles. The number of aromatic nitrogens is 7. The lowest BCUT2D eigenvalue weighted by molar-refractivity contribution is -0.900. The molecular formula is C35H92N27O13+. The second-order valence-corrected chi connectivity index (χ2v) is 12.6. The molecule has 0 aliphatic carbocycles. The molecular weight excluding hydrogens is 1010 g/mol. The zero-order valence-electron chi connectivity index (χ0n) is 42.0. The van der Waals surface area contributed by atoms with Crippen molar-refractivity contribution in [1.82, 2.24) is 42.6 Å². The molecule has 6 rings (SSSR count). The molecule has 0 atom stereocenters. The number of carbonyl (C=O) groups excluding carboxylic acids is 2. The Bertz CT molecular complexity index is 1670. The van der Waals surface area contributed by atoms with Crippen molar-refractivity contribution in [3.63, 3.8) is 0 Å². The Hall–Kier alpha value is -7.66. The molecule has 16 N–H and O–H groups in total. The van der Waals surface area contributed by atoms with Crippen LogP contribution in [-0.4, -0.2) is 119 Å². The van der Waals surface area contributed by atoms with Gasteiger partial charge in [0.15, 0.2) is 0 Å². The van der Waals surface area contributed by atoms with Gasteiger partial charge in [-0.25, -0.2) is 16.0 Å². The van der Waals surface area contributed by atoms with Crippen LogP contribution in [0.25, 0.3) is 28.0 Å². The van der Waals surface area contributed by atoms with Crippen LogP contribution in [0.2, 0.25) is 0 Å². The molecule has 0 bridgehead atoms. The fourth-order valence-corrected chi connectivity index (χ4v) is 4.34. The van der Waals surface area contributed by atoms with E-state index in [1.807, 2.05) is 11.8 Å². The van der Waals surface area contributed by atoms with Gasteiger partial charge in [0.25, 0.3) is 0 Å². The van der Waals surface area contributed by atoms with E-state index >= 15 is 0 Å². The van der Waals surface area contributed by atoms with E-state index in [4.69, 9.17) is 16.2 Å². The molecule has 4 aliphatic heterocycles. The van der Waals surface area contributed by atoms with E-state index in [-0.39, 0.29) is 73.0 Å². The summed E-state index contributed by atoms with van der Waals surface area (Å²) in [5.74, 6) is 0.0440. The van der Waals surface area contributed by atoms with Gasteiger partial charge in [0, 0.05) is 30.2 Å². The number of tetrazole rings is 1. The van der Waals surface area contributed by atoms with Crippen molar-refractivity contribution < 1.29 is 82.6 Å². The molecule has 6 heterocycles. The molecule has 2 saturated heterocycles. The first kappa shape index (κ1) is 90.1. The lowest BCUT2D eigenvalue weighted by Crippen LogP contribution is -3.12. The van der Waals surface area contributed by atoms with Gasteiger partial charge in [0.05, 0.1) is 66.1 Å². The van der Waals surface area contributed by atoms with E-state index in [1.165, 1.54) is 96.7 Å². The summed E-state index contributed by atoms with van der Waals surface area (Å²) in [6.45, 7) is 18.1. The smallest absolute Gasteiger partial charge is 0.526 e. The summed E-state index contributed by atoms with van der Waals surface area (Å²) in [5.41, 5.74) is 25.0. The van der Waals surface area contributed by atoms with Crippen LogP contribution < -0.4 is 26.4 Å². The number of nitrogens with zero attached hydrogens (tertiary/aromatic N) is 21.